The lowest BCUT2D eigenvalue weighted by molar-refractivity contribution is -0.385. The molecule has 0 spiro atoms. The van der Waals surface area contributed by atoms with Gasteiger partial charge in [0.05, 0.1) is 30.6 Å². The number of hydrogen-bond donors (Lipinski definition) is 1. The zero-order chi connectivity index (χ0) is 23.3. The van der Waals surface area contributed by atoms with Gasteiger partial charge in [-0.15, -0.1) is 0 Å². The zero-order valence-corrected chi connectivity index (χ0v) is 18.5. The molecule has 0 aliphatic carbocycles. The molecule has 0 saturated carbocycles. The summed E-state index contributed by atoms with van der Waals surface area (Å²) in [5.41, 5.74) is 0.244. The molecule has 1 amide bonds. The Morgan fingerprint density at radius 3 is 2.25 bits per heavy atom. The monoisotopic (exact) mass is 464 g/mol. The summed E-state index contributed by atoms with van der Waals surface area (Å²) >= 11 is 0. The number of methoxy groups -OCH3 is 2. The number of carbonyl (C=O) groups excluding carboxylic acids is 1. The van der Waals surface area contributed by atoms with Crippen molar-refractivity contribution in [1.82, 2.24) is 9.21 Å². The van der Waals surface area contributed by atoms with E-state index >= 15 is 0 Å². The van der Waals surface area contributed by atoms with Gasteiger partial charge in [0, 0.05) is 62.2 Å². The molecule has 1 heterocycles. The van der Waals surface area contributed by atoms with Gasteiger partial charge in [0.15, 0.2) is 0 Å². The Balaban J connectivity index is 1.58. The number of carbonyl (C=O) groups is 1. The molecule has 2 aromatic carbocycles. The molecule has 0 unspecified atom stereocenters. The first-order chi connectivity index (χ1) is 15.2. The normalized spacial score (nSPS) is 15.2. The fraction of sp³-hybridized carbons (Fsp3) is 0.350. The van der Waals surface area contributed by atoms with Gasteiger partial charge in [-0.3, -0.25) is 19.8 Å². The summed E-state index contributed by atoms with van der Waals surface area (Å²) < 4.78 is 37.3. The molecule has 1 aliphatic heterocycles. The number of benzene rings is 2. The highest BCUT2D eigenvalue weighted by Gasteiger charge is 2.30. The number of rotatable bonds is 8. The van der Waals surface area contributed by atoms with E-state index in [1.807, 2.05) is 4.90 Å². The maximum absolute atomic E-state index is 12.8. The Labute approximate surface area is 185 Å². The number of ether oxygens (including phenoxy) is 2. The fourth-order valence-electron chi connectivity index (χ4n) is 3.32. The topological polar surface area (TPSA) is 131 Å². The van der Waals surface area contributed by atoms with Crippen LogP contribution in [0, 0.1) is 10.1 Å². The highest BCUT2D eigenvalue weighted by molar-refractivity contribution is 7.89. The molecule has 172 valence electrons. The first kappa shape index (κ1) is 23.4. The number of non-ortho nitro benzene ring substituents is 1. The number of nitro benzene ring substituents is 1. The fourth-order valence-corrected chi connectivity index (χ4v) is 4.78. The molecule has 0 atom stereocenters. The molecule has 1 fully saturated rings. The number of hydrogen-bond acceptors (Lipinski definition) is 8. The van der Waals surface area contributed by atoms with E-state index in [1.54, 1.807) is 18.2 Å². The van der Waals surface area contributed by atoms with Crippen LogP contribution in [0.4, 0.5) is 11.4 Å². The maximum Gasteiger partial charge on any atom is 0.270 e. The van der Waals surface area contributed by atoms with Crippen molar-refractivity contribution in [2.75, 3.05) is 52.3 Å². The van der Waals surface area contributed by atoms with Crippen molar-refractivity contribution in [3.63, 3.8) is 0 Å². The Kier molecular flexibility index (Phi) is 7.28. The van der Waals surface area contributed by atoms with Gasteiger partial charge in [-0.25, -0.2) is 8.42 Å². The molecule has 3 rings (SSSR count). The predicted octanol–water partition coefficient (Wildman–Crippen LogP) is 1.56. The molecule has 12 heteroatoms. The number of nitrogens with one attached hydrogen (secondary N) is 1. The van der Waals surface area contributed by atoms with Crippen LogP contribution in [0.2, 0.25) is 0 Å². The van der Waals surface area contributed by atoms with E-state index < -0.39 is 14.9 Å². The molecule has 0 aromatic heterocycles. The minimum atomic E-state index is -3.86. The van der Waals surface area contributed by atoms with Gasteiger partial charge in [-0.1, -0.05) is 6.07 Å². The van der Waals surface area contributed by atoms with Gasteiger partial charge in [0.25, 0.3) is 5.69 Å². The number of nitrogens with zero attached hydrogens (tertiary/aromatic N) is 3. The summed E-state index contributed by atoms with van der Waals surface area (Å²) in [5.74, 6) is 0.828. The van der Waals surface area contributed by atoms with E-state index in [1.165, 1.54) is 36.7 Å². The van der Waals surface area contributed by atoms with Crippen LogP contribution in [-0.2, 0) is 14.8 Å². The van der Waals surface area contributed by atoms with Crippen LogP contribution >= 0.6 is 0 Å². The van der Waals surface area contributed by atoms with Crippen molar-refractivity contribution in [2.45, 2.75) is 4.90 Å². The Bertz CT molecular complexity index is 1080. The molecule has 0 bridgehead atoms. The average Bonchev–Trinajstić information content (AvgIpc) is 2.79. The largest absolute Gasteiger partial charge is 0.497 e. The first-order valence-electron chi connectivity index (χ1n) is 9.73. The predicted molar refractivity (Wildman–Crippen MR) is 116 cm³/mol. The van der Waals surface area contributed by atoms with Crippen molar-refractivity contribution in [2.24, 2.45) is 0 Å². The third-order valence-corrected chi connectivity index (χ3v) is 6.89. The smallest absolute Gasteiger partial charge is 0.270 e. The van der Waals surface area contributed by atoms with Crippen molar-refractivity contribution in [3.05, 3.63) is 52.6 Å². The molecule has 2 aromatic rings. The summed E-state index contributed by atoms with van der Waals surface area (Å²) in [4.78, 5) is 24.5. The van der Waals surface area contributed by atoms with Crippen LogP contribution in [0.5, 0.6) is 11.5 Å². The van der Waals surface area contributed by atoms with Gasteiger partial charge in [-0.2, -0.15) is 4.31 Å². The van der Waals surface area contributed by atoms with Crippen molar-refractivity contribution in [3.8, 4) is 11.5 Å². The third-order valence-electron chi connectivity index (χ3n) is 5.00. The second-order valence-corrected chi connectivity index (χ2v) is 9.02. The minimum Gasteiger partial charge on any atom is -0.497 e. The van der Waals surface area contributed by atoms with Crippen molar-refractivity contribution >= 4 is 27.3 Å². The Morgan fingerprint density at radius 2 is 1.69 bits per heavy atom. The quantitative estimate of drug-likeness (QED) is 0.460. The van der Waals surface area contributed by atoms with Crippen LogP contribution in [0.3, 0.4) is 0 Å². The van der Waals surface area contributed by atoms with E-state index in [9.17, 15) is 23.3 Å². The standard InChI is InChI=1S/C20H24N4O7S/c1-30-17-10-15(11-18(13-17)31-2)21-20(25)14-22-6-8-23(9-7-22)32(28,29)19-5-3-4-16(12-19)24(26)27/h3-5,10-13H,6-9,14H2,1-2H3,(H,21,25). The van der Waals surface area contributed by atoms with Gasteiger partial charge in [0.2, 0.25) is 15.9 Å². The number of sulfonamides is 1. The summed E-state index contributed by atoms with van der Waals surface area (Å²) in [7, 11) is -0.829. The average molecular weight is 465 g/mol. The van der Waals surface area contributed by atoms with E-state index in [4.69, 9.17) is 9.47 Å². The van der Waals surface area contributed by atoms with Crippen LogP contribution in [0.1, 0.15) is 0 Å². The van der Waals surface area contributed by atoms with E-state index in [2.05, 4.69) is 5.32 Å². The molecular weight excluding hydrogens is 440 g/mol. The number of nitro groups is 1. The molecule has 11 nitrogen and oxygen atoms in total. The molecule has 1 saturated heterocycles. The van der Waals surface area contributed by atoms with Crippen LogP contribution < -0.4 is 14.8 Å². The first-order valence-corrected chi connectivity index (χ1v) is 11.2. The van der Waals surface area contributed by atoms with Gasteiger partial charge >= 0.3 is 0 Å². The number of anilines is 1. The SMILES string of the molecule is COc1cc(NC(=O)CN2CCN(S(=O)(=O)c3cccc([N+](=O)[O-])c3)CC2)cc(OC)c1. The van der Waals surface area contributed by atoms with E-state index in [0.717, 1.165) is 6.07 Å². The summed E-state index contributed by atoms with van der Waals surface area (Å²) in [5, 5.41) is 13.7. The lowest BCUT2D eigenvalue weighted by atomic mass is 10.2. The van der Waals surface area contributed by atoms with Crippen LogP contribution in [0.15, 0.2) is 47.4 Å². The molecule has 0 radical (unpaired) electrons. The molecule has 1 aliphatic rings. The lowest BCUT2D eigenvalue weighted by Gasteiger charge is -2.33. The number of piperazine rings is 1. The summed E-state index contributed by atoms with van der Waals surface area (Å²) in [6.45, 7) is 1.13. The number of amides is 1. The van der Waals surface area contributed by atoms with Gasteiger partial charge in [-0.05, 0) is 6.07 Å². The van der Waals surface area contributed by atoms with E-state index in [0.29, 0.717) is 30.3 Å². The highest BCUT2D eigenvalue weighted by Crippen LogP contribution is 2.26. The Morgan fingerprint density at radius 1 is 1.06 bits per heavy atom. The minimum absolute atomic E-state index is 0.0875. The zero-order valence-electron chi connectivity index (χ0n) is 17.7. The highest BCUT2D eigenvalue weighted by atomic mass is 32.2. The van der Waals surface area contributed by atoms with Crippen LogP contribution in [0.25, 0.3) is 0 Å². The molecule has 1 N–H and O–H groups in total. The summed E-state index contributed by atoms with van der Waals surface area (Å²) in [6, 6.07) is 10.0. The second kappa shape index (κ2) is 9.94. The maximum atomic E-state index is 12.8. The van der Waals surface area contributed by atoms with Crippen molar-refractivity contribution in [1.29, 1.82) is 0 Å². The molecular formula is C20H24N4O7S. The lowest BCUT2D eigenvalue weighted by Crippen LogP contribution is -2.50. The Hall–Kier alpha value is -3.22. The van der Waals surface area contributed by atoms with E-state index in [-0.39, 0.29) is 36.1 Å². The molecule has 32 heavy (non-hydrogen) atoms. The van der Waals surface area contributed by atoms with Gasteiger partial charge in [0.1, 0.15) is 11.5 Å². The summed E-state index contributed by atoms with van der Waals surface area (Å²) in [6.07, 6.45) is 0. The van der Waals surface area contributed by atoms with Crippen LogP contribution in [-0.4, -0.2) is 75.4 Å². The van der Waals surface area contributed by atoms with Crippen molar-refractivity contribution < 1.29 is 27.6 Å². The third kappa shape index (κ3) is 5.52. The second-order valence-electron chi connectivity index (χ2n) is 7.08. The van der Waals surface area contributed by atoms with Gasteiger partial charge < -0.3 is 14.8 Å².